The predicted octanol–water partition coefficient (Wildman–Crippen LogP) is 4.72. The number of rotatable bonds is 2. The summed E-state index contributed by atoms with van der Waals surface area (Å²) in [5.41, 5.74) is 2.31. The van der Waals surface area contributed by atoms with Crippen molar-refractivity contribution >= 4 is 34.4 Å². The van der Waals surface area contributed by atoms with Crippen LogP contribution in [0.4, 0.5) is 5.82 Å². The number of hydrazone groups is 1. The van der Waals surface area contributed by atoms with Crippen molar-refractivity contribution in [3.63, 3.8) is 0 Å². The van der Waals surface area contributed by atoms with Crippen LogP contribution in [0.15, 0.2) is 34.4 Å². The molecule has 28 heavy (non-hydrogen) atoms. The van der Waals surface area contributed by atoms with Gasteiger partial charge in [-0.05, 0) is 43.0 Å². The van der Waals surface area contributed by atoms with Crippen LogP contribution in [0.5, 0.6) is 0 Å². The van der Waals surface area contributed by atoms with Gasteiger partial charge in [-0.3, -0.25) is 14.2 Å². The van der Waals surface area contributed by atoms with Gasteiger partial charge in [0.25, 0.3) is 0 Å². The number of carbonyl (C=O) groups is 2. The maximum absolute atomic E-state index is 12.2. The Morgan fingerprint density at radius 3 is 2.32 bits per heavy atom. The number of thioether (sulfide) groups is 1. The molecule has 0 bridgehead atoms. The van der Waals surface area contributed by atoms with Crippen LogP contribution in [-0.4, -0.2) is 26.4 Å². The average Bonchev–Trinajstić information content (AvgIpc) is 3.03. The molecule has 2 aromatic rings. The molecule has 4 rings (SSSR count). The lowest BCUT2D eigenvalue weighted by Crippen LogP contribution is -2.28. The summed E-state index contributed by atoms with van der Waals surface area (Å²) in [5.74, 6) is 1.27. The van der Waals surface area contributed by atoms with Crippen LogP contribution in [-0.2, 0) is 4.79 Å². The molecular weight excluding hydrogens is 372 g/mol. The summed E-state index contributed by atoms with van der Waals surface area (Å²) in [4.78, 5) is 28.7. The molecule has 6 nitrogen and oxygen atoms in total. The molecule has 1 fully saturated rings. The molecule has 1 aromatic heterocycles. The molecular formula is C21H24N4O2S. The highest BCUT2D eigenvalue weighted by Crippen LogP contribution is 2.39. The number of nitrogens with zero attached hydrogens (tertiary/aromatic N) is 4. The lowest BCUT2D eigenvalue weighted by Gasteiger charge is -2.23. The summed E-state index contributed by atoms with van der Waals surface area (Å²) in [6, 6.07) is 8.49. The van der Waals surface area contributed by atoms with Crippen molar-refractivity contribution in [1.82, 2.24) is 9.55 Å². The number of aromatic nitrogens is 2. The van der Waals surface area contributed by atoms with E-state index in [4.69, 9.17) is 0 Å². The van der Waals surface area contributed by atoms with Crippen molar-refractivity contribution in [2.24, 2.45) is 5.10 Å². The SMILES string of the molecule is CC(=O)N1N=C(c2ccc(C3CCCCC3)cc2)Sc2c1nc(C)n2C(C)=O. The lowest BCUT2D eigenvalue weighted by molar-refractivity contribution is -0.116. The molecule has 1 saturated carbocycles. The second-order valence-electron chi connectivity index (χ2n) is 7.44. The first-order valence-electron chi connectivity index (χ1n) is 9.73. The number of fused-ring (bicyclic) bond motifs is 1. The molecule has 0 atom stereocenters. The monoisotopic (exact) mass is 396 g/mol. The number of carbonyl (C=O) groups excluding carboxylic acids is 2. The van der Waals surface area contributed by atoms with Gasteiger partial charge in [-0.25, -0.2) is 4.98 Å². The summed E-state index contributed by atoms with van der Waals surface area (Å²) in [6.45, 7) is 4.71. The molecule has 2 heterocycles. The molecule has 1 aromatic carbocycles. The first-order valence-corrected chi connectivity index (χ1v) is 10.5. The second-order valence-corrected chi connectivity index (χ2v) is 8.41. The number of imidazole rings is 1. The summed E-state index contributed by atoms with van der Waals surface area (Å²) >= 11 is 1.38. The average molecular weight is 397 g/mol. The Morgan fingerprint density at radius 2 is 1.71 bits per heavy atom. The van der Waals surface area contributed by atoms with Crippen LogP contribution in [0.25, 0.3) is 0 Å². The molecule has 0 spiro atoms. The highest BCUT2D eigenvalue weighted by atomic mass is 32.2. The van der Waals surface area contributed by atoms with Crippen LogP contribution in [0.1, 0.15) is 73.6 Å². The number of aryl methyl sites for hydroxylation is 1. The van der Waals surface area contributed by atoms with Crippen molar-refractivity contribution in [2.45, 2.75) is 63.8 Å². The zero-order valence-corrected chi connectivity index (χ0v) is 17.3. The smallest absolute Gasteiger partial charge is 0.245 e. The first kappa shape index (κ1) is 18.9. The molecule has 1 aliphatic carbocycles. The molecule has 0 saturated heterocycles. The quantitative estimate of drug-likeness (QED) is 0.737. The number of hydrogen-bond acceptors (Lipinski definition) is 5. The van der Waals surface area contributed by atoms with Crippen molar-refractivity contribution in [1.29, 1.82) is 0 Å². The summed E-state index contributed by atoms with van der Waals surface area (Å²) in [5, 5.41) is 7.15. The molecule has 2 aliphatic rings. The molecule has 1 aliphatic heterocycles. The Kier molecular flexibility index (Phi) is 5.10. The Labute approximate surface area is 169 Å². The predicted molar refractivity (Wildman–Crippen MR) is 111 cm³/mol. The highest BCUT2D eigenvalue weighted by Gasteiger charge is 2.31. The second kappa shape index (κ2) is 7.54. The minimum atomic E-state index is -0.230. The van der Waals surface area contributed by atoms with Gasteiger partial charge in [-0.1, -0.05) is 43.5 Å². The van der Waals surface area contributed by atoms with Gasteiger partial charge < -0.3 is 0 Å². The van der Waals surface area contributed by atoms with Crippen LogP contribution in [0.3, 0.4) is 0 Å². The van der Waals surface area contributed by atoms with Crippen LogP contribution < -0.4 is 5.01 Å². The van der Waals surface area contributed by atoms with Crippen molar-refractivity contribution < 1.29 is 9.59 Å². The zero-order chi connectivity index (χ0) is 19.8. The van der Waals surface area contributed by atoms with Gasteiger partial charge in [0.1, 0.15) is 15.9 Å². The van der Waals surface area contributed by atoms with Gasteiger partial charge in [0, 0.05) is 19.4 Å². The Bertz CT molecular complexity index is 956. The molecule has 0 N–H and O–H groups in total. The normalized spacial score (nSPS) is 17.2. The fourth-order valence-corrected chi connectivity index (χ4v) is 5.15. The summed E-state index contributed by atoms with van der Waals surface area (Å²) < 4.78 is 1.54. The fourth-order valence-electron chi connectivity index (χ4n) is 4.02. The van der Waals surface area contributed by atoms with E-state index < -0.39 is 0 Å². The highest BCUT2D eigenvalue weighted by molar-refractivity contribution is 8.14. The first-order chi connectivity index (χ1) is 13.5. The third-order valence-corrected chi connectivity index (χ3v) is 6.49. The maximum Gasteiger partial charge on any atom is 0.245 e. The van der Waals surface area contributed by atoms with Crippen molar-refractivity contribution in [2.75, 3.05) is 5.01 Å². The molecule has 0 radical (unpaired) electrons. The minimum Gasteiger partial charge on any atom is -0.274 e. The van der Waals surface area contributed by atoms with Gasteiger partial charge in [-0.2, -0.15) is 10.1 Å². The maximum atomic E-state index is 12.2. The van der Waals surface area contributed by atoms with E-state index in [1.54, 1.807) is 11.5 Å². The molecule has 1 amide bonds. The largest absolute Gasteiger partial charge is 0.274 e. The standard InChI is InChI=1S/C21H24N4O2S/c1-13-22-19-21(24(13)14(2)26)28-20(23-25(19)15(3)27)18-11-9-17(10-12-18)16-7-5-4-6-8-16/h9-12,16H,4-8H2,1-3H3. The molecule has 0 unspecified atom stereocenters. The molecule has 7 heteroatoms. The Morgan fingerprint density at radius 1 is 1.04 bits per heavy atom. The number of anilines is 1. The Balaban J connectivity index is 1.68. The van der Waals surface area contributed by atoms with Gasteiger partial charge >= 0.3 is 0 Å². The van der Waals surface area contributed by atoms with Gasteiger partial charge in [0.2, 0.25) is 11.8 Å². The van der Waals surface area contributed by atoms with Crippen LogP contribution >= 0.6 is 11.8 Å². The van der Waals surface area contributed by atoms with Gasteiger partial charge in [-0.15, -0.1) is 0 Å². The zero-order valence-electron chi connectivity index (χ0n) is 16.4. The van der Waals surface area contributed by atoms with Crippen molar-refractivity contribution in [3.8, 4) is 0 Å². The van der Waals surface area contributed by atoms with E-state index in [2.05, 4.69) is 34.4 Å². The van der Waals surface area contributed by atoms with Crippen LogP contribution in [0.2, 0.25) is 0 Å². The Hall–Kier alpha value is -2.41. The summed E-state index contributed by atoms with van der Waals surface area (Å²) in [6.07, 6.45) is 6.47. The topological polar surface area (TPSA) is 67.6 Å². The third-order valence-electron chi connectivity index (χ3n) is 5.42. The van der Waals surface area contributed by atoms with E-state index >= 15 is 0 Å². The van der Waals surface area contributed by atoms with E-state index in [9.17, 15) is 9.59 Å². The van der Waals surface area contributed by atoms with E-state index in [0.717, 1.165) is 5.56 Å². The van der Waals surface area contributed by atoms with Crippen LogP contribution in [0, 0.1) is 6.92 Å². The number of hydrogen-bond donors (Lipinski definition) is 0. The number of amides is 1. The fraction of sp³-hybridized carbons (Fsp3) is 0.429. The van der Waals surface area contributed by atoms with E-state index in [1.165, 1.54) is 68.3 Å². The lowest BCUT2D eigenvalue weighted by atomic mass is 9.84. The van der Waals surface area contributed by atoms with Crippen molar-refractivity contribution in [3.05, 3.63) is 41.2 Å². The van der Waals surface area contributed by atoms with E-state index in [1.807, 2.05) is 0 Å². The summed E-state index contributed by atoms with van der Waals surface area (Å²) in [7, 11) is 0. The minimum absolute atomic E-state index is 0.129. The third kappa shape index (κ3) is 3.39. The van der Waals surface area contributed by atoms with Gasteiger partial charge in [0.05, 0.1) is 0 Å². The number of benzene rings is 1. The van der Waals surface area contributed by atoms with E-state index in [0.29, 0.717) is 27.6 Å². The van der Waals surface area contributed by atoms with Gasteiger partial charge in [0.15, 0.2) is 5.82 Å². The van der Waals surface area contributed by atoms with E-state index in [-0.39, 0.29) is 11.8 Å². The molecule has 146 valence electrons.